The number of rotatable bonds is 11. The monoisotopic (exact) mass is 333 g/mol. The second kappa shape index (κ2) is 10.6. The maximum absolute atomic E-state index is 3.84. The highest BCUT2D eigenvalue weighted by Crippen LogP contribution is 2.27. The molecule has 0 radical (unpaired) electrons. The van der Waals surface area contributed by atoms with Crippen LogP contribution in [-0.2, 0) is 0 Å². The van der Waals surface area contributed by atoms with Crippen LogP contribution in [0.3, 0.4) is 0 Å². The van der Waals surface area contributed by atoms with E-state index in [9.17, 15) is 0 Å². The van der Waals surface area contributed by atoms with Gasteiger partial charge in [-0.05, 0) is 41.8 Å². The standard InChI is InChI=1S/C24H31N/c1-4-7-8-9-10-11-20-25(23-16-12-21(5-2)13-17-23)24-18-14-22(6-3)15-19-24/h5-6,12-19H,2-4,7-11,20H2,1H3. The van der Waals surface area contributed by atoms with Crippen LogP contribution in [0.25, 0.3) is 12.2 Å². The van der Waals surface area contributed by atoms with Crippen molar-refractivity contribution < 1.29 is 0 Å². The fraction of sp³-hybridized carbons (Fsp3) is 0.333. The molecule has 0 aromatic heterocycles. The van der Waals surface area contributed by atoms with E-state index in [4.69, 9.17) is 0 Å². The van der Waals surface area contributed by atoms with E-state index in [1.54, 1.807) is 0 Å². The molecule has 0 spiro atoms. The summed E-state index contributed by atoms with van der Waals surface area (Å²) in [5, 5.41) is 0. The lowest BCUT2D eigenvalue weighted by atomic mass is 10.1. The normalized spacial score (nSPS) is 10.4. The molecule has 1 heteroatoms. The minimum atomic E-state index is 1.05. The van der Waals surface area contributed by atoms with Crippen molar-refractivity contribution in [3.63, 3.8) is 0 Å². The Kier molecular flexibility index (Phi) is 8.04. The SMILES string of the molecule is C=Cc1ccc(N(CCCCCCCC)c2ccc(C=C)cc2)cc1. The van der Waals surface area contributed by atoms with Crippen LogP contribution in [0, 0.1) is 0 Å². The molecule has 0 aliphatic rings. The number of anilines is 2. The molecule has 0 saturated carbocycles. The average molecular weight is 334 g/mol. The summed E-state index contributed by atoms with van der Waals surface area (Å²) in [5.41, 5.74) is 4.80. The van der Waals surface area contributed by atoms with E-state index in [-0.39, 0.29) is 0 Å². The Morgan fingerprint density at radius 1 is 0.680 bits per heavy atom. The van der Waals surface area contributed by atoms with Crippen LogP contribution in [0.1, 0.15) is 56.6 Å². The van der Waals surface area contributed by atoms with Crippen molar-refractivity contribution in [2.45, 2.75) is 45.4 Å². The molecule has 0 bridgehead atoms. The predicted octanol–water partition coefficient (Wildman–Crippen LogP) is 7.47. The van der Waals surface area contributed by atoms with E-state index in [1.165, 1.54) is 49.9 Å². The summed E-state index contributed by atoms with van der Waals surface area (Å²) in [6.07, 6.45) is 11.7. The Bertz CT molecular complexity index is 585. The quantitative estimate of drug-likeness (QED) is 0.385. The highest BCUT2D eigenvalue weighted by molar-refractivity contribution is 5.66. The zero-order chi connectivity index (χ0) is 17.9. The topological polar surface area (TPSA) is 3.24 Å². The van der Waals surface area contributed by atoms with Crippen LogP contribution in [0.2, 0.25) is 0 Å². The number of nitrogens with zero attached hydrogens (tertiary/aromatic N) is 1. The summed E-state index contributed by atoms with van der Waals surface area (Å²) in [6.45, 7) is 11.0. The van der Waals surface area contributed by atoms with Gasteiger partial charge in [-0.3, -0.25) is 0 Å². The smallest absolute Gasteiger partial charge is 0.0411 e. The Labute approximate surface area is 153 Å². The van der Waals surface area contributed by atoms with Crippen molar-refractivity contribution in [2.24, 2.45) is 0 Å². The molecule has 0 heterocycles. The predicted molar refractivity (Wildman–Crippen MR) is 113 cm³/mol. The third-order valence-electron chi connectivity index (χ3n) is 4.62. The summed E-state index contributed by atoms with van der Waals surface area (Å²) in [7, 11) is 0. The maximum atomic E-state index is 3.84. The molecular weight excluding hydrogens is 302 g/mol. The first-order chi connectivity index (χ1) is 12.3. The summed E-state index contributed by atoms with van der Waals surface area (Å²) < 4.78 is 0. The maximum Gasteiger partial charge on any atom is 0.0411 e. The summed E-state index contributed by atoms with van der Waals surface area (Å²) >= 11 is 0. The first-order valence-corrected chi connectivity index (χ1v) is 9.51. The molecule has 2 aromatic rings. The summed E-state index contributed by atoms with van der Waals surface area (Å²) in [4.78, 5) is 2.42. The zero-order valence-corrected chi connectivity index (χ0v) is 15.6. The molecule has 0 N–H and O–H groups in total. The molecule has 1 nitrogen and oxygen atoms in total. The Hall–Kier alpha value is -2.28. The lowest BCUT2D eigenvalue weighted by Crippen LogP contribution is -2.18. The second-order valence-corrected chi connectivity index (χ2v) is 6.51. The molecule has 132 valence electrons. The van der Waals surface area contributed by atoms with E-state index in [1.807, 2.05) is 12.2 Å². The Morgan fingerprint density at radius 3 is 1.56 bits per heavy atom. The molecule has 2 aromatic carbocycles. The van der Waals surface area contributed by atoms with E-state index < -0.39 is 0 Å². The lowest BCUT2D eigenvalue weighted by molar-refractivity contribution is 0.609. The van der Waals surface area contributed by atoms with Gasteiger partial charge in [-0.25, -0.2) is 0 Å². The van der Waals surface area contributed by atoms with E-state index in [0.717, 1.165) is 17.7 Å². The van der Waals surface area contributed by atoms with Gasteiger partial charge in [0.15, 0.2) is 0 Å². The molecule has 0 saturated heterocycles. The van der Waals surface area contributed by atoms with Gasteiger partial charge in [0, 0.05) is 17.9 Å². The number of hydrogen-bond acceptors (Lipinski definition) is 1. The third-order valence-corrected chi connectivity index (χ3v) is 4.62. The molecule has 0 fully saturated rings. The fourth-order valence-electron chi connectivity index (χ4n) is 3.04. The molecule has 0 aliphatic heterocycles. The van der Waals surface area contributed by atoms with Gasteiger partial charge in [-0.2, -0.15) is 0 Å². The summed E-state index contributed by atoms with van der Waals surface area (Å²) in [6, 6.07) is 17.3. The van der Waals surface area contributed by atoms with Crippen molar-refractivity contribution in [2.75, 3.05) is 11.4 Å². The van der Waals surface area contributed by atoms with Gasteiger partial charge in [-0.1, -0.05) is 88.6 Å². The van der Waals surface area contributed by atoms with E-state index in [2.05, 4.69) is 73.5 Å². The molecule has 0 atom stereocenters. The highest BCUT2D eigenvalue weighted by atomic mass is 15.1. The van der Waals surface area contributed by atoms with E-state index >= 15 is 0 Å². The van der Waals surface area contributed by atoms with Crippen molar-refractivity contribution in [1.82, 2.24) is 0 Å². The van der Waals surface area contributed by atoms with Gasteiger partial charge in [0.1, 0.15) is 0 Å². The van der Waals surface area contributed by atoms with Crippen molar-refractivity contribution in [1.29, 1.82) is 0 Å². The van der Waals surface area contributed by atoms with Crippen molar-refractivity contribution in [3.8, 4) is 0 Å². The van der Waals surface area contributed by atoms with E-state index in [0.29, 0.717) is 0 Å². The molecule has 0 amide bonds. The Balaban J connectivity index is 2.09. The number of hydrogen-bond donors (Lipinski definition) is 0. The minimum absolute atomic E-state index is 1.05. The van der Waals surface area contributed by atoms with Crippen molar-refractivity contribution in [3.05, 3.63) is 72.8 Å². The number of unbranched alkanes of at least 4 members (excludes halogenated alkanes) is 5. The van der Waals surface area contributed by atoms with Crippen LogP contribution in [0.15, 0.2) is 61.7 Å². The largest absolute Gasteiger partial charge is 0.341 e. The van der Waals surface area contributed by atoms with Gasteiger partial charge in [0.2, 0.25) is 0 Å². The molecule has 0 unspecified atom stereocenters. The van der Waals surface area contributed by atoms with Crippen LogP contribution in [-0.4, -0.2) is 6.54 Å². The van der Waals surface area contributed by atoms with Crippen LogP contribution >= 0.6 is 0 Å². The van der Waals surface area contributed by atoms with Crippen LogP contribution < -0.4 is 4.90 Å². The van der Waals surface area contributed by atoms with Gasteiger partial charge in [-0.15, -0.1) is 0 Å². The Morgan fingerprint density at radius 2 is 1.12 bits per heavy atom. The zero-order valence-electron chi connectivity index (χ0n) is 15.6. The minimum Gasteiger partial charge on any atom is -0.341 e. The highest BCUT2D eigenvalue weighted by Gasteiger charge is 2.09. The molecule has 0 aliphatic carbocycles. The molecule has 25 heavy (non-hydrogen) atoms. The molecule has 2 rings (SSSR count). The number of benzene rings is 2. The first-order valence-electron chi connectivity index (χ1n) is 9.51. The summed E-state index contributed by atoms with van der Waals surface area (Å²) in [5.74, 6) is 0. The van der Waals surface area contributed by atoms with Gasteiger partial charge in [0.05, 0.1) is 0 Å². The third kappa shape index (κ3) is 5.94. The van der Waals surface area contributed by atoms with Gasteiger partial charge in [0.25, 0.3) is 0 Å². The fourth-order valence-corrected chi connectivity index (χ4v) is 3.04. The van der Waals surface area contributed by atoms with Gasteiger partial charge >= 0.3 is 0 Å². The second-order valence-electron chi connectivity index (χ2n) is 6.51. The lowest BCUT2D eigenvalue weighted by Gasteiger charge is -2.25. The average Bonchev–Trinajstić information content (AvgIpc) is 2.68. The van der Waals surface area contributed by atoms with Crippen LogP contribution in [0.4, 0.5) is 11.4 Å². The first kappa shape index (κ1) is 19.1. The molecular formula is C24H31N. The van der Waals surface area contributed by atoms with Crippen molar-refractivity contribution >= 4 is 23.5 Å². The van der Waals surface area contributed by atoms with Gasteiger partial charge < -0.3 is 4.90 Å². The van der Waals surface area contributed by atoms with Crippen LogP contribution in [0.5, 0.6) is 0 Å².